The van der Waals surface area contributed by atoms with Crippen molar-refractivity contribution in [2.75, 3.05) is 0 Å². The van der Waals surface area contributed by atoms with Crippen molar-refractivity contribution in [1.29, 1.82) is 0 Å². The standard InChI is InChI=1S/C13H8Cl2FNO/c14-9-2-1-3-10(15)12(9)7-4-5-11(16)8(6-7)13(17)18/h1-6H,(H2,17,18). The first-order valence-electron chi connectivity index (χ1n) is 5.04. The highest BCUT2D eigenvalue weighted by Gasteiger charge is 2.13. The minimum absolute atomic E-state index is 0.191. The molecule has 0 aromatic heterocycles. The van der Waals surface area contributed by atoms with Crippen molar-refractivity contribution in [3.63, 3.8) is 0 Å². The van der Waals surface area contributed by atoms with Crippen molar-refractivity contribution in [2.45, 2.75) is 0 Å². The van der Waals surface area contributed by atoms with Crippen molar-refractivity contribution in [3.05, 3.63) is 57.8 Å². The Morgan fingerprint density at radius 2 is 1.72 bits per heavy atom. The molecule has 2 aromatic carbocycles. The van der Waals surface area contributed by atoms with E-state index in [-0.39, 0.29) is 5.56 Å². The van der Waals surface area contributed by atoms with Gasteiger partial charge in [0.05, 0.1) is 5.56 Å². The molecule has 0 heterocycles. The van der Waals surface area contributed by atoms with Crippen LogP contribution < -0.4 is 5.73 Å². The number of carbonyl (C=O) groups is 1. The number of hydrogen-bond donors (Lipinski definition) is 1. The largest absolute Gasteiger partial charge is 0.366 e. The third-order valence-electron chi connectivity index (χ3n) is 2.48. The van der Waals surface area contributed by atoms with E-state index in [4.69, 9.17) is 28.9 Å². The van der Waals surface area contributed by atoms with Gasteiger partial charge in [-0.05, 0) is 29.8 Å². The quantitative estimate of drug-likeness (QED) is 0.893. The normalized spacial score (nSPS) is 10.4. The fraction of sp³-hybridized carbons (Fsp3) is 0. The van der Waals surface area contributed by atoms with Crippen LogP contribution in [0.3, 0.4) is 0 Å². The van der Waals surface area contributed by atoms with E-state index in [0.29, 0.717) is 21.2 Å². The molecular weight excluding hydrogens is 276 g/mol. The molecule has 0 radical (unpaired) electrons. The van der Waals surface area contributed by atoms with Crippen molar-refractivity contribution >= 4 is 29.1 Å². The summed E-state index contributed by atoms with van der Waals surface area (Å²) in [6.07, 6.45) is 0. The smallest absolute Gasteiger partial charge is 0.251 e. The fourth-order valence-electron chi connectivity index (χ4n) is 1.64. The summed E-state index contributed by atoms with van der Waals surface area (Å²) in [5, 5.41) is 0.842. The summed E-state index contributed by atoms with van der Waals surface area (Å²) in [6.45, 7) is 0. The van der Waals surface area contributed by atoms with Crippen LogP contribution in [0.1, 0.15) is 10.4 Å². The zero-order valence-corrected chi connectivity index (χ0v) is 10.6. The molecule has 18 heavy (non-hydrogen) atoms. The van der Waals surface area contributed by atoms with E-state index in [0.717, 1.165) is 6.07 Å². The molecular formula is C13H8Cl2FNO. The van der Waals surface area contributed by atoms with Crippen LogP contribution in [-0.4, -0.2) is 5.91 Å². The van der Waals surface area contributed by atoms with Crippen molar-refractivity contribution in [1.82, 2.24) is 0 Å². The molecule has 0 aliphatic heterocycles. The second-order valence-electron chi connectivity index (χ2n) is 3.66. The van der Waals surface area contributed by atoms with Crippen LogP contribution in [-0.2, 0) is 0 Å². The van der Waals surface area contributed by atoms with Crippen LogP contribution in [0.4, 0.5) is 4.39 Å². The van der Waals surface area contributed by atoms with Crippen LogP contribution in [0.25, 0.3) is 11.1 Å². The minimum atomic E-state index is -0.836. The number of nitrogens with two attached hydrogens (primary N) is 1. The summed E-state index contributed by atoms with van der Waals surface area (Å²) in [5.74, 6) is -1.51. The molecule has 0 saturated heterocycles. The first-order valence-corrected chi connectivity index (χ1v) is 5.80. The van der Waals surface area contributed by atoms with E-state index in [1.807, 2.05) is 0 Å². The molecule has 0 spiro atoms. The monoisotopic (exact) mass is 283 g/mol. The predicted octanol–water partition coefficient (Wildman–Crippen LogP) is 3.90. The highest BCUT2D eigenvalue weighted by molar-refractivity contribution is 6.39. The first-order chi connectivity index (χ1) is 8.50. The highest BCUT2D eigenvalue weighted by Crippen LogP contribution is 2.35. The Morgan fingerprint density at radius 1 is 1.11 bits per heavy atom. The molecule has 2 rings (SSSR count). The Bertz CT molecular complexity index is 608. The lowest BCUT2D eigenvalue weighted by Crippen LogP contribution is -2.13. The Morgan fingerprint density at radius 3 is 2.28 bits per heavy atom. The number of hydrogen-bond acceptors (Lipinski definition) is 1. The molecule has 2 N–H and O–H groups in total. The highest BCUT2D eigenvalue weighted by atomic mass is 35.5. The molecule has 5 heteroatoms. The van der Waals surface area contributed by atoms with Gasteiger partial charge in [0.2, 0.25) is 0 Å². The molecule has 0 aliphatic carbocycles. The van der Waals surface area contributed by atoms with Gasteiger partial charge in [0.1, 0.15) is 5.82 Å². The van der Waals surface area contributed by atoms with E-state index in [2.05, 4.69) is 0 Å². The number of amides is 1. The Hall–Kier alpha value is -1.58. The zero-order chi connectivity index (χ0) is 13.3. The Labute approximate surface area is 113 Å². The van der Waals surface area contributed by atoms with Gasteiger partial charge in [-0.2, -0.15) is 0 Å². The van der Waals surface area contributed by atoms with Gasteiger partial charge >= 0.3 is 0 Å². The maximum atomic E-state index is 13.4. The minimum Gasteiger partial charge on any atom is -0.366 e. The summed E-state index contributed by atoms with van der Waals surface area (Å²) in [7, 11) is 0. The second kappa shape index (κ2) is 4.96. The van der Waals surface area contributed by atoms with Crippen LogP contribution >= 0.6 is 23.2 Å². The lowest BCUT2D eigenvalue weighted by molar-refractivity contribution is 0.0996. The molecule has 2 aromatic rings. The maximum absolute atomic E-state index is 13.4. The molecule has 0 atom stereocenters. The molecule has 92 valence electrons. The van der Waals surface area contributed by atoms with Gasteiger partial charge < -0.3 is 5.73 Å². The van der Waals surface area contributed by atoms with Crippen LogP contribution in [0, 0.1) is 5.82 Å². The zero-order valence-electron chi connectivity index (χ0n) is 9.08. The molecule has 0 aliphatic rings. The van der Waals surface area contributed by atoms with Crippen LogP contribution in [0.2, 0.25) is 10.0 Å². The van der Waals surface area contributed by atoms with Gasteiger partial charge in [-0.15, -0.1) is 0 Å². The average molecular weight is 284 g/mol. The van der Waals surface area contributed by atoms with Gasteiger partial charge in [0, 0.05) is 15.6 Å². The predicted molar refractivity (Wildman–Crippen MR) is 70.4 cm³/mol. The topological polar surface area (TPSA) is 43.1 Å². The molecule has 1 amide bonds. The molecule has 0 unspecified atom stereocenters. The lowest BCUT2D eigenvalue weighted by Gasteiger charge is -2.08. The summed E-state index contributed by atoms with van der Waals surface area (Å²) in [5.41, 5.74) is 5.99. The van der Waals surface area contributed by atoms with E-state index in [1.165, 1.54) is 12.1 Å². The molecule has 0 saturated carbocycles. The summed E-state index contributed by atoms with van der Waals surface area (Å²) in [4.78, 5) is 11.1. The third-order valence-corrected chi connectivity index (χ3v) is 3.11. The van der Waals surface area contributed by atoms with Crippen molar-refractivity contribution in [3.8, 4) is 11.1 Å². The molecule has 2 nitrogen and oxygen atoms in total. The number of benzene rings is 2. The van der Waals surface area contributed by atoms with Crippen LogP contribution in [0.15, 0.2) is 36.4 Å². The van der Waals surface area contributed by atoms with E-state index < -0.39 is 11.7 Å². The van der Waals surface area contributed by atoms with Gasteiger partial charge in [-0.3, -0.25) is 4.79 Å². The van der Waals surface area contributed by atoms with Crippen LogP contribution in [0.5, 0.6) is 0 Å². The molecule has 0 bridgehead atoms. The van der Waals surface area contributed by atoms with Gasteiger partial charge in [0.15, 0.2) is 0 Å². The second-order valence-corrected chi connectivity index (χ2v) is 4.47. The lowest BCUT2D eigenvalue weighted by atomic mass is 10.0. The molecule has 0 fully saturated rings. The number of halogens is 3. The number of rotatable bonds is 2. The number of carbonyl (C=O) groups excluding carboxylic acids is 1. The van der Waals surface area contributed by atoms with Crippen molar-refractivity contribution in [2.24, 2.45) is 5.73 Å². The average Bonchev–Trinajstić information content (AvgIpc) is 2.30. The number of primary amides is 1. The first kappa shape index (κ1) is 12.9. The van der Waals surface area contributed by atoms with E-state index in [9.17, 15) is 9.18 Å². The van der Waals surface area contributed by atoms with Gasteiger partial charge in [-0.25, -0.2) is 4.39 Å². The summed E-state index contributed by atoms with van der Waals surface area (Å²) in [6, 6.07) is 9.02. The third kappa shape index (κ3) is 2.33. The van der Waals surface area contributed by atoms with Crippen molar-refractivity contribution < 1.29 is 9.18 Å². The van der Waals surface area contributed by atoms with E-state index in [1.54, 1.807) is 18.2 Å². The van der Waals surface area contributed by atoms with Gasteiger partial charge in [0.25, 0.3) is 5.91 Å². The maximum Gasteiger partial charge on any atom is 0.251 e. The summed E-state index contributed by atoms with van der Waals surface area (Å²) >= 11 is 12.1. The Kier molecular flexibility index (Phi) is 3.55. The Balaban J connectivity index is 2.65. The SMILES string of the molecule is NC(=O)c1cc(-c2c(Cl)cccc2Cl)ccc1F. The van der Waals surface area contributed by atoms with Gasteiger partial charge in [-0.1, -0.05) is 35.3 Å². The summed E-state index contributed by atoms with van der Waals surface area (Å²) < 4.78 is 13.4. The fourth-order valence-corrected chi connectivity index (χ4v) is 2.26. The van der Waals surface area contributed by atoms with E-state index >= 15 is 0 Å².